The van der Waals surface area contributed by atoms with Gasteiger partial charge >= 0.3 is 0 Å². The van der Waals surface area contributed by atoms with Gasteiger partial charge in [-0.2, -0.15) is 0 Å². The lowest BCUT2D eigenvalue weighted by molar-refractivity contribution is 0.0960. The Balaban J connectivity index is 1.84. The van der Waals surface area contributed by atoms with Gasteiger partial charge in [-0.25, -0.2) is 0 Å². The first-order chi connectivity index (χ1) is 9.65. The fraction of sp³-hybridized carbons (Fsp3) is 0.667. The van der Waals surface area contributed by atoms with Crippen molar-refractivity contribution in [1.82, 2.24) is 5.32 Å². The molecule has 1 heterocycles. The third-order valence-electron chi connectivity index (χ3n) is 4.28. The summed E-state index contributed by atoms with van der Waals surface area (Å²) in [6.07, 6.45) is 4.87. The van der Waals surface area contributed by atoms with Crippen LogP contribution in [0.2, 0.25) is 0 Å². The zero-order chi connectivity index (χ0) is 14.3. The van der Waals surface area contributed by atoms with Crippen molar-refractivity contribution in [3.63, 3.8) is 0 Å². The molecule has 5 heteroatoms. The van der Waals surface area contributed by atoms with Crippen LogP contribution in [-0.4, -0.2) is 18.5 Å². The number of hydrogen-bond acceptors (Lipinski definition) is 4. The molecule has 110 valence electrons. The monoisotopic (exact) mass is 293 g/mol. The summed E-state index contributed by atoms with van der Waals surface area (Å²) in [5, 5.41) is 7.62. The summed E-state index contributed by atoms with van der Waals surface area (Å²) in [6.45, 7) is 4.80. The van der Waals surface area contributed by atoms with Crippen LogP contribution < -0.4 is 16.4 Å². The molecule has 3 rings (SSSR count). The van der Waals surface area contributed by atoms with Crippen molar-refractivity contribution in [2.24, 2.45) is 5.92 Å². The molecule has 1 aromatic rings. The average molecular weight is 293 g/mol. The molecule has 1 amide bonds. The summed E-state index contributed by atoms with van der Waals surface area (Å²) in [7, 11) is 0. The molecule has 0 spiro atoms. The Morgan fingerprint density at radius 2 is 2.15 bits per heavy atom. The minimum atomic E-state index is -0.0345. The number of rotatable bonds is 6. The van der Waals surface area contributed by atoms with Gasteiger partial charge in [0.25, 0.3) is 5.91 Å². The lowest BCUT2D eigenvalue weighted by Gasteiger charge is -2.06. The number of nitrogens with one attached hydrogen (secondary N) is 2. The highest BCUT2D eigenvalue weighted by Gasteiger charge is 2.39. The molecule has 0 radical (unpaired) electrons. The molecule has 0 aromatic carbocycles. The molecule has 2 aliphatic rings. The first-order valence-corrected chi connectivity index (χ1v) is 8.44. The van der Waals surface area contributed by atoms with Crippen LogP contribution in [0.4, 0.5) is 10.7 Å². The Morgan fingerprint density at radius 1 is 1.40 bits per heavy atom. The van der Waals surface area contributed by atoms with Crippen LogP contribution in [-0.2, 0) is 0 Å². The Kier molecular flexibility index (Phi) is 3.63. The van der Waals surface area contributed by atoms with E-state index in [-0.39, 0.29) is 5.91 Å². The van der Waals surface area contributed by atoms with Gasteiger partial charge < -0.3 is 16.4 Å². The molecular weight excluding hydrogens is 270 g/mol. The predicted molar refractivity (Wildman–Crippen MR) is 84.5 cm³/mol. The zero-order valence-electron chi connectivity index (χ0n) is 12.2. The lowest BCUT2D eigenvalue weighted by Crippen LogP contribution is -2.22. The highest BCUT2D eigenvalue weighted by Crippen LogP contribution is 2.52. The van der Waals surface area contributed by atoms with Gasteiger partial charge in [0, 0.05) is 18.2 Å². The van der Waals surface area contributed by atoms with Gasteiger partial charge in [0.15, 0.2) is 0 Å². The fourth-order valence-corrected chi connectivity index (χ4v) is 3.98. The minimum absolute atomic E-state index is 0.0345. The molecular formula is C15H23N3OS. The van der Waals surface area contributed by atoms with E-state index < -0.39 is 0 Å². The summed E-state index contributed by atoms with van der Waals surface area (Å²) >= 11 is 1.54. The Morgan fingerprint density at radius 3 is 2.70 bits per heavy atom. The number of thiophene rings is 1. The largest absolute Gasteiger partial charge is 0.397 e. The third kappa shape index (κ3) is 2.51. The number of nitrogens with two attached hydrogens (primary N) is 1. The van der Waals surface area contributed by atoms with E-state index >= 15 is 0 Å². The molecule has 0 aliphatic heterocycles. The molecule has 2 fully saturated rings. The number of nitrogen functional groups attached to an aromatic ring is 1. The van der Waals surface area contributed by atoms with Crippen molar-refractivity contribution in [3.8, 4) is 0 Å². The minimum Gasteiger partial charge on any atom is -0.397 e. The topological polar surface area (TPSA) is 67.2 Å². The zero-order valence-corrected chi connectivity index (χ0v) is 13.0. The van der Waals surface area contributed by atoms with Crippen molar-refractivity contribution in [1.29, 1.82) is 0 Å². The van der Waals surface area contributed by atoms with Crippen LogP contribution in [0.5, 0.6) is 0 Å². The number of anilines is 2. The van der Waals surface area contributed by atoms with Crippen LogP contribution in [0.15, 0.2) is 0 Å². The fourth-order valence-electron chi connectivity index (χ4n) is 2.79. The quantitative estimate of drug-likeness (QED) is 0.754. The summed E-state index contributed by atoms with van der Waals surface area (Å²) in [4.78, 5) is 12.8. The normalized spacial score (nSPS) is 24.5. The van der Waals surface area contributed by atoms with Gasteiger partial charge in [-0.3, -0.25) is 4.79 Å². The van der Waals surface area contributed by atoms with E-state index in [4.69, 9.17) is 5.73 Å². The maximum absolute atomic E-state index is 12.1. The molecule has 2 aliphatic carbocycles. The van der Waals surface area contributed by atoms with E-state index in [1.54, 1.807) is 0 Å². The van der Waals surface area contributed by atoms with Crippen molar-refractivity contribution < 1.29 is 4.79 Å². The van der Waals surface area contributed by atoms with E-state index in [2.05, 4.69) is 17.6 Å². The molecule has 0 bridgehead atoms. The molecule has 0 saturated heterocycles. The lowest BCUT2D eigenvalue weighted by atomic mass is 10.1. The number of hydrogen-bond donors (Lipinski definition) is 3. The average Bonchev–Trinajstić information content (AvgIpc) is 3.31. The Labute approximate surface area is 124 Å². The summed E-state index contributed by atoms with van der Waals surface area (Å²) in [5.41, 5.74) is 8.16. The van der Waals surface area contributed by atoms with Gasteiger partial charge in [0.05, 0.1) is 10.7 Å². The van der Waals surface area contributed by atoms with Crippen LogP contribution in [0, 0.1) is 5.92 Å². The second-order valence-corrected chi connectivity index (χ2v) is 6.90. The summed E-state index contributed by atoms with van der Waals surface area (Å²) < 4.78 is 0. The SMILES string of the molecule is CCNC(=O)c1sc(NC2CC2CC)c(C2CC2)c1N. The Hall–Kier alpha value is -1.23. The molecule has 2 saturated carbocycles. The Bertz CT molecular complexity index is 521. The van der Waals surface area contributed by atoms with E-state index in [0.29, 0.717) is 29.1 Å². The van der Waals surface area contributed by atoms with Gasteiger partial charge in [0.1, 0.15) is 4.88 Å². The van der Waals surface area contributed by atoms with E-state index in [1.165, 1.54) is 42.6 Å². The number of carbonyl (C=O) groups is 1. The van der Waals surface area contributed by atoms with Gasteiger partial charge in [0.2, 0.25) is 0 Å². The van der Waals surface area contributed by atoms with E-state index in [1.807, 2.05) is 6.92 Å². The molecule has 1 aromatic heterocycles. The van der Waals surface area contributed by atoms with E-state index in [0.717, 1.165) is 10.9 Å². The van der Waals surface area contributed by atoms with Gasteiger partial charge in [-0.05, 0) is 38.0 Å². The van der Waals surface area contributed by atoms with Crippen LogP contribution >= 0.6 is 11.3 Å². The highest BCUT2D eigenvalue weighted by atomic mass is 32.1. The van der Waals surface area contributed by atoms with Crippen molar-refractivity contribution in [2.75, 3.05) is 17.6 Å². The maximum Gasteiger partial charge on any atom is 0.263 e. The highest BCUT2D eigenvalue weighted by molar-refractivity contribution is 7.18. The van der Waals surface area contributed by atoms with Gasteiger partial charge in [-0.1, -0.05) is 13.3 Å². The molecule has 20 heavy (non-hydrogen) atoms. The molecule has 4 N–H and O–H groups in total. The number of amides is 1. The van der Waals surface area contributed by atoms with Crippen molar-refractivity contribution in [2.45, 2.75) is 51.5 Å². The van der Waals surface area contributed by atoms with Crippen molar-refractivity contribution in [3.05, 3.63) is 10.4 Å². The maximum atomic E-state index is 12.1. The summed E-state index contributed by atoms with van der Waals surface area (Å²) in [6, 6.07) is 0.581. The number of carbonyl (C=O) groups excluding carboxylic acids is 1. The standard InChI is InChI=1S/C15H23N3OS/c1-3-8-7-10(8)18-15-11(9-5-6-9)12(16)13(20-15)14(19)17-4-2/h8-10,18H,3-7,16H2,1-2H3,(H,17,19). The molecule has 4 nitrogen and oxygen atoms in total. The first kappa shape index (κ1) is 13.7. The second kappa shape index (κ2) is 5.28. The van der Waals surface area contributed by atoms with Crippen LogP contribution in [0.3, 0.4) is 0 Å². The van der Waals surface area contributed by atoms with Crippen LogP contribution in [0.1, 0.15) is 60.7 Å². The van der Waals surface area contributed by atoms with Crippen LogP contribution in [0.25, 0.3) is 0 Å². The first-order valence-electron chi connectivity index (χ1n) is 7.62. The summed E-state index contributed by atoms with van der Waals surface area (Å²) in [5.74, 6) is 1.32. The predicted octanol–water partition coefficient (Wildman–Crippen LogP) is 3.17. The third-order valence-corrected chi connectivity index (χ3v) is 5.43. The smallest absolute Gasteiger partial charge is 0.263 e. The van der Waals surface area contributed by atoms with E-state index in [9.17, 15) is 4.79 Å². The second-order valence-electron chi connectivity index (χ2n) is 5.88. The molecule has 2 unspecified atom stereocenters. The molecule has 2 atom stereocenters. The van der Waals surface area contributed by atoms with Gasteiger partial charge in [-0.15, -0.1) is 11.3 Å². The van der Waals surface area contributed by atoms with Crippen molar-refractivity contribution >= 4 is 27.9 Å².